The molecule has 6 nitrogen and oxygen atoms in total. The molecule has 0 saturated heterocycles. The minimum absolute atomic E-state index is 0.108. The molecule has 0 aliphatic carbocycles. The Bertz CT molecular complexity index is 954. The summed E-state index contributed by atoms with van der Waals surface area (Å²) in [5, 5.41) is 6.73. The number of aromatic nitrogens is 2. The lowest BCUT2D eigenvalue weighted by molar-refractivity contribution is -0.120. The monoisotopic (exact) mass is 375 g/mol. The number of carbonyl (C=O) groups is 1. The van der Waals surface area contributed by atoms with Crippen LogP contribution in [-0.4, -0.2) is 29.2 Å². The lowest BCUT2D eigenvalue weighted by Crippen LogP contribution is -2.23. The van der Waals surface area contributed by atoms with E-state index in [0.717, 1.165) is 16.9 Å². The van der Waals surface area contributed by atoms with Gasteiger partial charge >= 0.3 is 0 Å². The summed E-state index contributed by atoms with van der Waals surface area (Å²) in [5.74, 6) is 7.52. The van der Waals surface area contributed by atoms with Gasteiger partial charge in [0.25, 0.3) is 0 Å². The van der Waals surface area contributed by atoms with Crippen molar-refractivity contribution in [3.63, 3.8) is 0 Å². The van der Waals surface area contributed by atoms with Crippen LogP contribution in [0.1, 0.15) is 24.8 Å². The van der Waals surface area contributed by atoms with Gasteiger partial charge in [-0.25, -0.2) is 0 Å². The van der Waals surface area contributed by atoms with Gasteiger partial charge in [0.2, 0.25) is 17.6 Å². The summed E-state index contributed by atoms with van der Waals surface area (Å²) in [6.45, 7) is 2.85. The Morgan fingerprint density at radius 1 is 1.14 bits per heavy atom. The fourth-order valence-corrected chi connectivity index (χ4v) is 2.46. The lowest BCUT2D eigenvalue weighted by atomic mass is 10.2. The number of hydrogen-bond acceptors (Lipinski definition) is 5. The average Bonchev–Trinajstić information content (AvgIpc) is 3.20. The Labute approximate surface area is 163 Å². The van der Waals surface area contributed by atoms with Crippen LogP contribution in [0.5, 0.6) is 5.75 Å². The summed E-state index contributed by atoms with van der Waals surface area (Å²) in [4.78, 5) is 16.3. The van der Waals surface area contributed by atoms with Gasteiger partial charge in [0.05, 0.1) is 13.2 Å². The second kappa shape index (κ2) is 9.93. The first-order valence-electron chi connectivity index (χ1n) is 9.11. The molecule has 0 spiro atoms. The third-order valence-electron chi connectivity index (χ3n) is 3.84. The fraction of sp³-hybridized carbons (Fsp3) is 0.227. The topological polar surface area (TPSA) is 77.2 Å². The molecule has 3 aromatic rings. The molecule has 1 heterocycles. The number of benzene rings is 2. The zero-order chi connectivity index (χ0) is 19.6. The molecule has 3 rings (SSSR count). The maximum atomic E-state index is 11.9. The van der Waals surface area contributed by atoms with E-state index in [1.807, 2.05) is 61.5 Å². The van der Waals surface area contributed by atoms with Gasteiger partial charge in [0.15, 0.2) is 0 Å². The molecule has 1 amide bonds. The first-order chi connectivity index (χ1) is 13.7. The van der Waals surface area contributed by atoms with E-state index < -0.39 is 0 Å². The van der Waals surface area contributed by atoms with Crippen LogP contribution >= 0.6 is 0 Å². The smallest absolute Gasteiger partial charge is 0.227 e. The largest absolute Gasteiger partial charge is 0.494 e. The number of hydrogen-bond donors (Lipinski definition) is 1. The number of aryl methyl sites for hydroxylation is 1. The van der Waals surface area contributed by atoms with Gasteiger partial charge in [-0.2, -0.15) is 4.98 Å². The molecule has 2 aromatic carbocycles. The van der Waals surface area contributed by atoms with E-state index in [2.05, 4.69) is 27.3 Å². The van der Waals surface area contributed by atoms with Crippen LogP contribution in [0.2, 0.25) is 0 Å². The summed E-state index contributed by atoms with van der Waals surface area (Å²) >= 11 is 0. The Morgan fingerprint density at radius 2 is 1.93 bits per heavy atom. The van der Waals surface area contributed by atoms with Crippen LogP contribution in [0.3, 0.4) is 0 Å². The van der Waals surface area contributed by atoms with Gasteiger partial charge in [0, 0.05) is 24.0 Å². The molecule has 1 aromatic heterocycles. The van der Waals surface area contributed by atoms with Crippen molar-refractivity contribution < 1.29 is 14.1 Å². The number of carbonyl (C=O) groups excluding carboxylic acids is 1. The van der Waals surface area contributed by atoms with Crippen molar-refractivity contribution in [3.8, 4) is 29.0 Å². The standard InChI is InChI=1S/C22H21N3O3/c1-2-27-19-12-10-18(11-13-19)22-24-21(28-25-22)15-14-20(26)23-16-6-9-17-7-4-3-5-8-17/h3-5,7-8,10-13H,2,14-16H2,1H3,(H,23,26). The van der Waals surface area contributed by atoms with E-state index in [1.54, 1.807) is 0 Å². The molecule has 0 unspecified atom stereocenters. The lowest BCUT2D eigenvalue weighted by Gasteiger charge is -2.02. The van der Waals surface area contributed by atoms with Gasteiger partial charge < -0.3 is 14.6 Å². The average molecular weight is 375 g/mol. The number of amides is 1. The number of ether oxygens (including phenoxy) is 1. The van der Waals surface area contributed by atoms with Crippen molar-refractivity contribution in [2.24, 2.45) is 0 Å². The Morgan fingerprint density at radius 3 is 2.68 bits per heavy atom. The predicted octanol–water partition coefficient (Wildman–Crippen LogP) is 3.24. The molecular weight excluding hydrogens is 354 g/mol. The van der Waals surface area contributed by atoms with Crippen molar-refractivity contribution in [1.82, 2.24) is 15.5 Å². The van der Waals surface area contributed by atoms with E-state index in [-0.39, 0.29) is 12.3 Å². The van der Waals surface area contributed by atoms with Gasteiger partial charge in [-0.3, -0.25) is 4.79 Å². The zero-order valence-corrected chi connectivity index (χ0v) is 15.6. The van der Waals surface area contributed by atoms with E-state index in [4.69, 9.17) is 9.26 Å². The fourth-order valence-electron chi connectivity index (χ4n) is 2.46. The molecular formula is C22H21N3O3. The van der Waals surface area contributed by atoms with Crippen molar-refractivity contribution in [3.05, 3.63) is 66.1 Å². The number of rotatable bonds is 7. The highest BCUT2D eigenvalue weighted by Gasteiger charge is 2.10. The first-order valence-corrected chi connectivity index (χ1v) is 9.11. The molecule has 0 aliphatic rings. The second-order valence-corrected chi connectivity index (χ2v) is 5.91. The third-order valence-corrected chi connectivity index (χ3v) is 3.84. The van der Waals surface area contributed by atoms with Crippen molar-refractivity contribution in [2.45, 2.75) is 19.8 Å². The van der Waals surface area contributed by atoms with Gasteiger partial charge in [-0.1, -0.05) is 35.2 Å². The van der Waals surface area contributed by atoms with E-state index in [0.29, 0.717) is 31.3 Å². The molecule has 0 aliphatic heterocycles. The quantitative estimate of drug-likeness (QED) is 0.642. The Hall–Kier alpha value is -3.59. The molecule has 0 saturated carbocycles. The highest BCUT2D eigenvalue weighted by Crippen LogP contribution is 2.20. The summed E-state index contributed by atoms with van der Waals surface area (Å²) < 4.78 is 10.6. The van der Waals surface area contributed by atoms with E-state index in [1.165, 1.54) is 0 Å². The van der Waals surface area contributed by atoms with E-state index >= 15 is 0 Å². The normalized spacial score (nSPS) is 10.0. The zero-order valence-electron chi connectivity index (χ0n) is 15.6. The van der Waals surface area contributed by atoms with Crippen molar-refractivity contribution >= 4 is 5.91 Å². The van der Waals surface area contributed by atoms with Crippen LogP contribution in [0, 0.1) is 11.8 Å². The Balaban J connectivity index is 1.45. The third kappa shape index (κ3) is 5.71. The van der Waals surface area contributed by atoms with Gasteiger partial charge in [0.1, 0.15) is 5.75 Å². The summed E-state index contributed by atoms with van der Waals surface area (Å²) in [6.07, 6.45) is 0.639. The Kier molecular flexibility index (Phi) is 6.80. The maximum Gasteiger partial charge on any atom is 0.227 e. The van der Waals surface area contributed by atoms with Gasteiger partial charge in [-0.15, -0.1) is 0 Å². The first kappa shape index (κ1) is 19.2. The SMILES string of the molecule is CCOc1ccc(-c2noc(CCC(=O)NCC#Cc3ccccc3)n2)cc1. The summed E-state index contributed by atoms with van der Waals surface area (Å²) in [7, 11) is 0. The summed E-state index contributed by atoms with van der Waals surface area (Å²) in [5.41, 5.74) is 1.75. The van der Waals surface area contributed by atoms with E-state index in [9.17, 15) is 4.79 Å². The second-order valence-electron chi connectivity index (χ2n) is 5.91. The van der Waals surface area contributed by atoms with Crippen LogP contribution in [0.15, 0.2) is 59.1 Å². The highest BCUT2D eigenvalue weighted by molar-refractivity contribution is 5.76. The van der Waals surface area contributed by atoms with Crippen molar-refractivity contribution in [2.75, 3.05) is 13.2 Å². The molecule has 0 atom stereocenters. The van der Waals surface area contributed by atoms with Gasteiger partial charge in [-0.05, 0) is 43.3 Å². The molecule has 142 valence electrons. The molecule has 28 heavy (non-hydrogen) atoms. The summed E-state index contributed by atoms with van der Waals surface area (Å²) in [6, 6.07) is 17.1. The number of nitrogens with one attached hydrogen (secondary N) is 1. The minimum Gasteiger partial charge on any atom is -0.494 e. The molecule has 0 fully saturated rings. The molecule has 1 N–H and O–H groups in total. The van der Waals surface area contributed by atoms with Crippen LogP contribution in [0.25, 0.3) is 11.4 Å². The molecule has 6 heteroatoms. The maximum absolute atomic E-state index is 11.9. The van der Waals surface area contributed by atoms with Crippen molar-refractivity contribution in [1.29, 1.82) is 0 Å². The molecule has 0 radical (unpaired) electrons. The number of nitrogens with zero attached hydrogens (tertiary/aromatic N) is 2. The van der Waals surface area contributed by atoms with Crippen LogP contribution in [-0.2, 0) is 11.2 Å². The highest BCUT2D eigenvalue weighted by atomic mass is 16.5. The van der Waals surface area contributed by atoms with Crippen LogP contribution in [0.4, 0.5) is 0 Å². The minimum atomic E-state index is -0.108. The predicted molar refractivity (Wildman–Crippen MR) is 106 cm³/mol. The van der Waals surface area contributed by atoms with Crippen LogP contribution < -0.4 is 10.1 Å². The molecule has 0 bridgehead atoms.